The van der Waals surface area contributed by atoms with Crippen LogP contribution in [0.2, 0.25) is 0 Å². The molecule has 216 valence electrons. The van der Waals surface area contributed by atoms with Gasteiger partial charge >= 0.3 is 6.01 Å². The molecule has 0 N–H and O–H groups in total. The zero-order valence-corrected chi connectivity index (χ0v) is 23.8. The summed E-state index contributed by atoms with van der Waals surface area (Å²) in [6.45, 7) is 6.24. The summed E-state index contributed by atoms with van der Waals surface area (Å²) in [4.78, 5) is 32.5. The number of amides is 1. The number of benzene rings is 1. The molecule has 4 atom stereocenters. The Labute approximate surface area is 244 Å². The maximum atomic E-state index is 16.6. The molecule has 0 bridgehead atoms. The summed E-state index contributed by atoms with van der Waals surface area (Å²) in [5.41, 5.74) is 3.84. The van der Waals surface area contributed by atoms with Crippen molar-refractivity contribution in [3.05, 3.63) is 54.0 Å². The van der Waals surface area contributed by atoms with Crippen LogP contribution in [-0.2, 0) is 11.2 Å². The molecule has 2 saturated heterocycles. The zero-order chi connectivity index (χ0) is 29.0. The molecule has 3 fully saturated rings. The molecule has 1 amide bonds. The number of rotatable bonds is 7. The number of hydrogen-bond acceptors (Lipinski definition) is 8. The number of carbonyl (C=O) groups is 1. The second-order valence-electron chi connectivity index (χ2n) is 12.0. The van der Waals surface area contributed by atoms with E-state index < -0.39 is 5.82 Å². The fraction of sp³-hybridized carbons (Fsp3) is 0.469. The third kappa shape index (κ3) is 4.56. The first-order valence-corrected chi connectivity index (χ1v) is 14.8. The molecule has 0 radical (unpaired) electrons. The van der Waals surface area contributed by atoms with Crippen molar-refractivity contribution in [3.8, 4) is 23.3 Å². The van der Waals surface area contributed by atoms with Gasteiger partial charge in [-0.25, -0.2) is 4.39 Å². The zero-order valence-electron chi connectivity index (χ0n) is 23.8. The van der Waals surface area contributed by atoms with Crippen LogP contribution < -0.4 is 9.64 Å². The number of fused-ring (bicyclic) bond motifs is 4. The molecule has 3 aromatic rings. The van der Waals surface area contributed by atoms with E-state index in [2.05, 4.69) is 40.6 Å². The van der Waals surface area contributed by atoms with E-state index in [1.54, 1.807) is 11.1 Å². The Hall–Kier alpha value is -4.10. The van der Waals surface area contributed by atoms with E-state index >= 15 is 4.39 Å². The van der Waals surface area contributed by atoms with Gasteiger partial charge in [-0.1, -0.05) is 24.8 Å². The van der Waals surface area contributed by atoms with Gasteiger partial charge in [0.2, 0.25) is 5.91 Å². The molecule has 4 heterocycles. The van der Waals surface area contributed by atoms with E-state index in [1.165, 1.54) is 17.2 Å². The number of ether oxygens (including phenoxy) is 1. The number of aromatic nitrogens is 3. The van der Waals surface area contributed by atoms with Crippen molar-refractivity contribution in [2.45, 2.75) is 50.1 Å². The second kappa shape index (κ2) is 10.6. The standard InChI is InChI=1S/C32H34FN7O2/c1-3-26(41)40-13-12-39(17-21(40)9-10-34)31-25-16-35-29(23-8-4-6-19-14-20-15-24(20)27(19)23)28(33)30(25)36-32(37-31)42-18-22-7-5-11-38(22)2/h3-4,6,8,16,20-22,24H,1,5,7,9,11-15,17-18H2,2H3/t20?,21-,22?,24?/m0/s1. The van der Waals surface area contributed by atoms with Gasteiger partial charge in [-0.3, -0.25) is 9.78 Å². The number of piperazine rings is 1. The predicted molar refractivity (Wildman–Crippen MR) is 157 cm³/mol. The Bertz CT molecular complexity index is 1620. The summed E-state index contributed by atoms with van der Waals surface area (Å²) in [6.07, 6.45) is 7.43. The van der Waals surface area contributed by atoms with Crippen LogP contribution in [0, 0.1) is 23.1 Å². The van der Waals surface area contributed by atoms with E-state index in [0.29, 0.717) is 55.0 Å². The van der Waals surface area contributed by atoms with Crippen LogP contribution >= 0.6 is 0 Å². The molecule has 1 saturated carbocycles. The molecule has 10 heteroatoms. The summed E-state index contributed by atoms with van der Waals surface area (Å²) < 4.78 is 22.7. The van der Waals surface area contributed by atoms with Gasteiger partial charge in [-0.15, -0.1) is 0 Å². The number of likely N-dealkylation sites (tertiary alicyclic amines) is 1. The van der Waals surface area contributed by atoms with Crippen LogP contribution in [-0.4, -0.2) is 82.6 Å². The lowest BCUT2D eigenvalue weighted by molar-refractivity contribution is -0.128. The smallest absolute Gasteiger partial charge is 0.319 e. The lowest BCUT2D eigenvalue weighted by Crippen LogP contribution is -2.55. The minimum Gasteiger partial charge on any atom is -0.462 e. The molecule has 0 spiro atoms. The van der Waals surface area contributed by atoms with E-state index in [-0.39, 0.29) is 35.9 Å². The van der Waals surface area contributed by atoms with E-state index in [4.69, 9.17) is 9.72 Å². The number of halogens is 1. The van der Waals surface area contributed by atoms with Gasteiger partial charge in [0, 0.05) is 37.4 Å². The van der Waals surface area contributed by atoms with Gasteiger partial charge in [0.15, 0.2) is 5.82 Å². The molecule has 2 aromatic heterocycles. The van der Waals surface area contributed by atoms with Gasteiger partial charge < -0.3 is 19.4 Å². The number of carbonyl (C=O) groups excluding carboxylic acids is 1. The third-order valence-electron chi connectivity index (χ3n) is 9.51. The van der Waals surface area contributed by atoms with Gasteiger partial charge in [-0.2, -0.15) is 15.2 Å². The Balaban J connectivity index is 1.30. The van der Waals surface area contributed by atoms with E-state index in [9.17, 15) is 10.1 Å². The van der Waals surface area contributed by atoms with Crippen molar-refractivity contribution in [1.82, 2.24) is 24.8 Å². The minimum absolute atomic E-state index is 0.121. The number of nitriles is 1. The van der Waals surface area contributed by atoms with Crippen LogP contribution in [0.4, 0.5) is 10.2 Å². The highest BCUT2D eigenvalue weighted by Gasteiger charge is 2.46. The van der Waals surface area contributed by atoms with Crippen LogP contribution in [0.5, 0.6) is 6.01 Å². The van der Waals surface area contributed by atoms with Crippen LogP contribution in [0.25, 0.3) is 22.2 Å². The quantitative estimate of drug-likeness (QED) is 0.394. The lowest BCUT2D eigenvalue weighted by Gasteiger charge is -2.41. The molecule has 42 heavy (non-hydrogen) atoms. The number of likely N-dealkylation sites (N-methyl/N-ethyl adjacent to an activating group) is 1. The average Bonchev–Trinajstić information content (AvgIpc) is 3.48. The topological polar surface area (TPSA) is 98.5 Å². The van der Waals surface area contributed by atoms with Crippen molar-refractivity contribution >= 4 is 22.6 Å². The minimum atomic E-state index is -0.481. The fourth-order valence-electron chi connectivity index (χ4n) is 7.16. The second-order valence-corrected chi connectivity index (χ2v) is 12.0. The average molecular weight is 568 g/mol. The molecule has 3 unspecified atom stereocenters. The van der Waals surface area contributed by atoms with Crippen molar-refractivity contribution < 1.29 is 13.9 Å². The highest BCUT2D eigenvalue weighted by atomic mass is 19.1. The normalized spacial score (nSPS) is 24.8. The summed E-state index contributed by atoms with van der Waals surface area (Å²) in [5.74, 6) is 0.966. The van der Waals surface area contributed by atoms with Crippen molar-refractivity contribution in [2.24, 2.45) is 5.92 Å². The summed E-state index contributed by atoms with van der Waals surface area (Å²) in [7, 11) is 2.08. The van der Waals surface area contributed by atoms with E-state index in [0.717, 1.165) is 37.8 Å². The van der Waals surface area contributed by atoms with Crippen LogP contribution in [0.1, 0.15) is 42.7 Å². The summed E-state index contributed by atoms with van der Waals surface area (Å²) in [5, 5.41) is 9.96. The Morgan fingerprint density at radius 3 is 2.93 bits per heavy atom. The number of nitrogens with zero attached hydrogens (tertiary/aromatic N) is 7. The van der Waals surface area contributed by atoms with Gasteiger partial charge in [0.05, 0.1) is 23.9 Å². The number of pyridine rings is 1. The highest BCUT2D eigenvalue weighted by molar-refractivity contribution is 5.93. The third-order valence-corrected chi connectivity index (χ3v) is 9.51. The monoisotopic (exact) mass is 567 g/mol. The Kier molecular flexibility index (Phi) is 6.77. The number of anilines is 1. The van der Waals surface area contributed by atoms with Crippen LogP contribution in [0.3, 0.4) is 0 Å². The molecule has 1 aromatic carbocycles. The molecular formula is C32H34FN7O2. The van der Waals surface area contributed by atoms with E-state index in [1.807, 2.05) is 17.0 Å². The van der Waals surface area contributed by atoms with Crippen molar-refractivity contribution in [1.29, 1.82) is 5.26 Å². The SMILES string of the molecule is C=CC(=O)N1CCN(c2nc(OCC3CCCN3C)nc3c(F)c(-c4cccc5c4C4CC4C5)ncc23)C[C@@H]1CC#N. The van der Waals surface area contributed by atoms with Gasteiger partial charge in [0.25, 0.3) is 0 Å². The molecule has 9 nitrogen and oxygen atoms in total. The first kappa shape index (κ1) is 26.8. The predicted octanol–water partition coefficient (Wildman–Crippen LogP) is 4.08. The molecule has 2 aliphatic heterocycles. The maximum Gasteiger partial charge on any atom is 0.319 e. The molecular weight excluding hydrogens is 533 g/mol. The maximum absolute atomic E-state index is 16.6. The molecule has 2 aliphatic carbocycles. The Morgan fingerprint density at radius 2 is 2.14 bits per heavy atom. The summed E-state index contributed by atoms with van der Waals surface area (Å²) in [6, 6.07) is 8.31. The highest BCUT2D eigenvalue weighted by Crippen LogP contribution is 2.58. The van der Waals surface area contributed by atoms with Crippen molar-refractivity contribution in [2.75, 3.05) is 44.7 Å². The van der Waals surface area contributed by atoms with Gasteiger partial charge in [-0.05, 0) is 68.3 Å². The van der Waals surface area contributed by atoms with Crippen LogP contribution in [0.15, 0.2) is 37.1 Å². The first-order valence-electron chi connectivity index (χ1n) is 14.8. The van der Waals surface area contributed by atoms with Crippen molar-refractivity contribution in [3.63, 3.8) is 0 Å². The molecule has 7 rings (SSSR count). The fourth-order valence-corrected chi connectivity index (χ4v) is 7.16. The van der Waals surface area contributed by atoms with Gasteiger partial charge in [0.1, 0.15) is 23.6 Å². The lowest BCUT2D eigenvalue weighted by atomic mass is 9.96. The Morgan fingerprint density at radius 1 is 1.26 bits per heavy atom. The largest absolute Gasteiger partial charge is 0.462 e. The number of hydrogen-bond donors (Lipinski definition) is 0. The summed E-state index contributed by atoms with van der Waals surface area (Å²) >= 11 is 0. The first-order chi connectivity index (χ1) is 20.5. The molecule has 4 aliphatic rings.